The molecule has 2 N–H and O–H groups in total. The van der Waals surface area contributed by atoms with Gasteiger partial charge in [-0.05, 0) is 24.5 Å². The van der Waals surface area contributed by atoms with E-state index in [9.17, 15) is 4.79 Å². The summed E-state index contributed by atoms with van der Waals surface area (Å²) in [5.74, 6) is 0.0535. The van der Waals surface area contributed by atoms with Gasteiger partial charge in [0.05, 0.1) is 12.1 Å². The number of amides is 1. The molecular weight excluding hydrogens is 228 g/mol. The third-order valence-corrected chi connectivity index (χ3v) is 3.45. The summed E-state index contributed by atoms with van der Waals surface area (Å²) in [7, 11) is 1.68. The van der Waals surface area contributed by atoms with E-state index in [1.807, 2.05) is 18.2 Å². The zero-order valence-corrected chi connectivity index (χ0v) is 10.9. The van der Waals surface area contributed by atoms with Crippen LogP contribution in [0.2, 0.25) is 0 Å². The van der Waals surface area contributed by atoms with Crippen LogP contribution in [0.5, 0.6) is 0 Å². The summed E-state index contributed by atoms with van der Waals surface area (Å²) in [6.45, 7) is 3.39. The van der Waals surface area contributed by atoms with Crippen LogP contribution in [-0.2, 0) is 16.1 Å². The molecule has 1 saturated heterocycles. The van der Waals surface area contributed by atoms with Crippen molar-refractivity contribution in [3.63, 3.8) is 0 Å². The smallest absolute Gasteiger partial charge is 0.237 e. The van der Waals surface area contributed by atoms with Crippen LogP contribution in [-0.4, -0.2) is 31.7 Å². The standard InChI is InChI=1S/C14H20N2O2/c1-10-5-3-4-6-11(10)8-16-14(17)13-7-12(18-2)9-15-13/h3-6,12-13,15H,7-9H2,1-2H3,(H,16,17). The van der Waals surface area contributed by atoms with Gasteiger partial charge in [0.25, 0.3) is 0 Å². The third kappa shape index (κ3) is 3.09. The lowest BCUT2D eigenvalue weighted by Gasteiger charge is -2.12. The number of aryl methyl sites for hydroxylation is 1. The number of ether oxygens (including phenoxy) is 1. The Labute approximate surface area is 108 Å². The summed E-state index contributed by atoms with van der Waals surface area (Å²) < 4.78 is 5.23. The molecule has 2 atom stereocenters. The topological polar surface area (TPSA) is 50.4 Å². The van der Waals surface area contributed by atoms with E-state index >= 15 is 0 Å². The van der Waals surface area contributed by atoms with Crippen LogP contribution in [0, 0.1) is 6.92 Å². The maximum absolute atomic E-state index is 12.0. The van der Waals surface area contributed by atoms with E-state index in [1.165, 1.54) is 5.56 Å². The van der Waals surface area contributed by atoms with Gasteiger partial charge in [0.1, 0.15) is 0 Å². The Hall–Kier alpha value is -1.39. The van der Waals surface area contributed by atoms with E-state index in [0.717, 1.165) is 18.5 Å². The molecule has 1 aliphatic rings. The number of carbonyl (C=O) groups is 1. The first-order valence-corrected chi connectivity index (χ1v) is 6.29. The lowest BCUT2D eigenvalue weighted by atomic mass is 10.1. The molecule has 4 nitrogen and oxygen atoms in total. The van der Waals surface area contributed by atoms with Crippen molar-refractivity contribution in [3.8, 4) is 0 Å². The zero-order valence-electron chi connectivity index (χ0n) is 10.9. The van der Waals surface area contributed by atoms with E-state index in [1.54, 1.807) is 7.11 Å². The van der Waals surface area contributed by atoms with E-state index < -0.39 is 0 Å². The van der Waals surface area contributed by atoms with Crippen LogP contribution < -0.4 is 10.6 Å². The molecule has 0 aliphatic carbocycles. The molecule has 1 aromatic carbocycles. The quantitative estimate of drug-likeness (QED) is 0.835. The molecule has 0 radical (unpaired) electrons. The Morgan fingerprint density at radius 1 is 1.50 bits per heavy atom. The number of hydrogen-bond donors (Lipinski definition) is 2. The fraction of sp³-hybridized carbons (Fsp3) is 0.500. The average Bonchev–Trinajstić information content (AvgIpc) is 2.86. The molecular formula is C14H20N2O2. The Balaban J connectivity index is 1.84. The Morgan fingerprint density at radius 2 is 2.28 bits per heavy atom. The van der Waals surface area contributed by atoms with Gasteiger partial charge in [0, 0.05) is 20.2 Å². The highest BCUT2D eigenvalue weighted by Crippen LogP contribution is 2.10. The van der Waals surface area contributed by atoms with Gasteiger partial charge in [-0.1, -0.05) is 24.3 Å². The van der Waals surface area contributed by atoms with Crippen molar-refractivity contribution in [2.45, 2.75) is 32.0 Å². The van der Waals surface area contributed by atoms with Gasteiger partial charge < -0.3 is 15.4 Å². The molecule has 1 aliphatic heterocycles. The molecule has 1 amide bonds. The summed E-state index contributed by atoms with van der Waals surface area (Å²) in [5.41, 5.74) is 2.36. The maximum Gasteiger partial charge on any atom is 0.237 e. The van der Waals surface area contributed by atoms with Crippen LogP contribution in [0.25, 0.3) is 0 Å². The van der Waals surface area contributed by atoms with Crippen LogP contribution >= 0.6 is 0 Å². The van der Waals surface area contributed by atoms with Gasteiger partial charge in [0.2, 0.25) is 5.91 Å². The van der Waals surface area contributed by atoms with Crippen LogP contribution in [0.3, 0.4) is 0 Å². The van der Waals surface area contributed by atoms with Crippen molar-refractivity contribution in [2.24, 2.45) is 0 Å². The van der Waals surface area contributed by atoms with Gasteiger partial charge in [-0.25, -0.2) is 0 Å². The molecule has 0 saturated carbocycles. The molecule has 1 heterocycles. The summed E-state index contributed by atoms with van der Waals surface area (Å²) in [4.78, 5) is 12.0. The molecule has 2 unspecified atom stereocenters. The fourth-order valence-electron chi connectivity index (χ4n) is 2.20. The van der Waals surface area contributed by atoms with Gasteiger partial charge in [-0.15, -0.1) is 0 Å². The molecule has 1 aromatic rings. The number of benzene rings is 1. The first-order chi connectivity index (χ1) is 8.70. The highest BCUT2D eigenvalue weighted by molar-refractivity contribution is 5.82. The van der Waals surface area contributed by atoms with Crippen LogP contribution in [0.4, 0.5) is 0 Å². The van der Waals surface area contributed by atoms with Crippen LogP contribution in [0.1, 0.15) is 17.5 Å². The number of carbonyl (C=O) groups excluding carboxylic acids is 1. The Kier molecular flexibility index (Phi) is 4.33. The predicted octanol–water partition coefficient (Wildman–Crippen LogP) is 0.988. The summed E-state index contributed by atoms with van der Waals surface area (Å²) in [6.07, 6.45) is 0.898. The number of hydrogen-bond acceptors (Lipinski definition) is 3. The lowest BCUT2D eigenvalue weighted by molar-refractivity contribution is -0.123. The van der Waals surface area contributed by atoms with Gasteiger partial charge in [0.15, 0.2) is 0 Å². The van der Waals surface area contributed by atoms with Crippen molar-refractivity contribution >= 4 is 5.91 Å². The first-order valence-electron chi connectivity index (χ1n) is 6.29. The molecule has 18 heavy (non-hydrogen) atoms. The maximum atomic E-state index is 12.0. The molecule has 0 bridgehead atoms. The van der Waals surface area contributed by atoms with Crippen LogP contribution in [0.15, 0.2) is 24.3 Å². The molecule has 0 aromatic heterocycles. The average molecular weight is 248 g/mol. The Morgan fingerprint density at radius 3 is 2.94 bits per heavy atom. The summed E-state index contributed by atoms with van der Waals surface area (Å²) in [5, 5.41) is 6.14. The number of rotatable bonds is 4. The number of nitrogens with one attached hydrogen (secondary N) is 2. The second kappa shape index (κ2) is 5.98. The van der Waals surface area contributed by atoms with Crippen molar-refractivity contribution in [3.05, 3.63) is 35.4 Å². The molecule has 4 heteroatoms. The first kappa shape index (κ1) is 13.1. The van der Waals surface area contributed by atoms with E-state index in [4.69, 9.17) is 4.74 Å². The zero-order chi connectivity index (χ0) is 13.0. The van der Waals surface area contributed by atoms with Gasteiger partial charge >= 0.3 is 0 Å². The minimum atomic E-state index is -0.126. The van der Waals surface area contributed by atoms with E-state index in [0.29, 0.717) is 6.54 Å². The second-order valence-corrected chi connectivity index (χ2v) is 4.70. The normalized spacial score (nSPS) is 23.0. The molecule has 0 spiro atoms. The van der Waals surface area contributed by atoms with Crippen molar-refractivity contribution < 1.29 is 9.53 Å². The summed E-state index contributed by atoms with van der Waals surface area (Å²) >= 11 is 0. The highest BCUT2D eigenvalue weighted by Gasteiger charge is 2.28. The lowest BCUT2D eigenvalue weighted by Crippen LogP contribution is -2.40. The minimum absolute atomic E-state index is 0.0535. The largest absolute Gasteiger partial charge is 0.380 e. The fourth-order valence-corrected chi connectivity index (χ4v) is 2.20. The highest BCUT2D eigenvalue weighted by atomic mass is 16.5. The van der Waals surface area contributed by atoms with Crippen molar-refractivity contribution in [1.82, 2.24) is 10.6 Å². The monoisotopic (exact) mass is 248 g/mol. The minimum Gasteiger partial charge on any atom is -0.380 e. The molecule has 2 rings (SSSR count). The SMILES string of the molecule is COC1CNC(C(=O)NCc2ccccc2C)C1. The second-order valence-electron chi connectivity index (χ2n) is 4.70. The van der Waals surface area contributed by atoms with Crippen molar-refractivity contribution in [1.29, 1.82) is 0 Å². The number of methoxy groups -OCH3 is 1. The third-order valence-electron chi connectivity index (χ3n) is 3.45. The van der Waals surface area contributed by atoms with Gasteiger partial charge in [-0.2, -0.15) is 0 Å². The summed E-state index contributed by atoms with van der Waals surface area (Å²) in [6, 6.07) is 7.95. The van der Waals surface area contributed by atoms with E-state index in [2.05, 4.69) is 23.6 Å². The molecule has 1 fully saturated rings. The van der Waals surface area contributed by atoms with Crippen molar-refractivity contribution in [2.75, 3.05) is 13.7 Å². The van der Waals surface area contributed by atoms with E-state index in [-0.39, 0.29) is 18.1 Å². The van der Waals surface area contributed by atoms with Gasteiger partial charge in [-0.3, -0.25) is 4.79 Å². The Bertz CT molecular complexity index is 420. The molecule has 98 valence electrons. The predicted molar refractivity (Wildman–Crippen MR) is 70.2 cm³/mol.